The van der Waals surface area contributed by atoms with E-state index in [4.69, 9.17) is 0 Å². The van der Waals surface area contributed by atoms with Crippen molar-refractivity contribution in [2.75, 3.05) is 0 Å². The van der Waals surface area contributed by atoms with Gasteiger partial charge in [-0.15, -0.1) is 0 Å². The Labute approximate surface area is 67.7 Å². The molecule has 0 aliphatic heterocycles. The van der Waals surface area contributed by atoms with Crippen LogP contribution in [0.4, 0.5) is 13.2 Å². The highest BCUT2D eigenvalue weighted by molar-refractivity contribution is 5.99. The van der Waals surface area contributed by atoms with E-state index in [-0.39, 0.29) is 6.42 Å². The first-order chi connectivity index (χ1) is 5.35. The Morgan fingerprint density at radius 1 is 1.17 bits per heavy atom. The van der Waals surface area contributed by atoms with Crippen molar-refractivity contribution in [2.45, 2.75) is 32.4 Å². The summed E-state index contributed by atoms with van der Waals surface area (Å²) in [7, 11) is 0. The first kappa shape index (κ1) is 11.1. The molecule has 0 aromatic heterocycles. The van der Waals surface area contributed by atoms with Gasteiger partial charge in [0.2, 0.25) is 0 Å². The summed E-state index contributed by atoms with van der Waals surface area (Å²) in [4.78, 5) is 21.0. The minimum absolute atomic E-state index is 0.101. The van der Waals surface area contributed by atoms with Crippen molar-refractivity contribution in [2.24, 2.45) is 0 Å². The van der Waals surface area contributed by atoms with Gasteiger partial charge in [0.25, 0.3) is 0 Å². The Hall–Kier alpha value is -0.870. The fourth-order valence-electron chi connectivity index (χ4n) is 0.631. The summed E-state index contributed by atoms with van der Waals surface area (Å²) in [5, 5.41) is 0. The molecule has 0 bridgehead atoms. The van der Waals surface area contributed by atoms with E-state index in [1.807, 2.05) is 0 Å². The molecule has 0 unspecified atom stereocenters. The van der Waals surface area contributed by atoms with Crippen molar-refractivity contribution >= 4 is 11.6 Å². The topological polar surface area (TPSA) is 34.1 Å². The second kappa shape index (κ2) is 4.23. The molecule has 0 aromatic rings. The smallest absolute Gasteiger partial charge is 0.299 e. The van der Waals surface area contributed by atoms with Gasteiger partial charge in [-0.25, -0.2) is 0 Å². The zero-order valence-corrected chi connectivity index (χ0v) is 6.57. The Morgan fingerprint density at radius 3 is 2.00 bits per heavy atom. The lowest BCUT2D eigenvalue weighted by atomic mass is 10.1. The van der Waals surface area contributed by atoms with Gasteiger partial charge in [0.1, 0.15) is 18.0 Å². The van der Waals surface area contributed by atoms with Crippen LogP contribution in [0.3, 0.4) is 0 Å². The number of rotatable bonds is 4. The molecule has 0 spiro atoms. The normalized spacial score (nSPS) is 11.3. The molecule has 0 rings (SSSR count). The molecule has 0 aliphatic carbocycles. The lowest BCUT2D eigenvalue weighted by Gasteiger charge is -2.03. The van der Waals surface area contributed by atoms with Crippen LogP contribution in [0.1, 0.15) is 26.2 Å². The van der Waals surface area contributed by atoms with Gasteiger partial charge in [-0.1, -0.05) is 6.92 Å². The van der Waals surface area contributed by atoms with Gasteiger partial charge in [-0.2, -0.15) is 13.2 Å². The van der Waals surface area contributed by atoms with E-state index >= 15 is 0 Å². The number of Topliss-reactive ketones (excluding diaryl/α,β-unsaturated/α-hetero) is 2. The minimum atomic E-state index is -4.49. The van der Waals surface area contributed by atoms with Gasteiger partial charge < -0.3 is 0 Å². The maximum Gasteiger partial charge on any atom is 0.395 e. The molecule has 0 saturated carbocycles. The van der Waals surface area contributed by atoms with E-state index in [0.29, 0.717) is 0 Å². The van der Waals surface area contributed by atoms with E-state index in [9.17, 15) is 22.8 Å². The Kier molecular flexibility index (Phi) is 3.92. The number of carbonyl (C=O) groups is 2. The van der Waals surface area contributed by atoms with Crippen LogP contribution in [0.2, 0.25) is 0 Å². The number of carbonyl (C=O) groups excluding carboxylic acids is 2. The van der Waals surface area contributed by atoms with Crippen LogP contribution in [0.15, 0.2) is 0 Å². The number of alkyl halides is 3. The fraction of sp³-hybridized carbons (Fsp3) is 0.714. The van der Waals surface area contributed by atoms with Crippen LogP contribution >= 0.6 is 0 Å². The second-order valence-electron chi connectivity index (χ2n) is 2.40. The maximum atomic E-state index is 11.5. The Morgan fingerprint density at radius 2 is 1.67 bits per heavy atom. The van der Waals surface area contributed by atoms with E-state index in [0.717, 1.165) is 0 Å². The predicted molar refractivity (Wildman–Crippen MR) is 35.6 cm³/mol. The molecule has 2 nitrogen and oxygen atoms in total. The summed E-state index contributed by atoms with van der Waals surface area (Å²) < 4.78 is 34.6. The van der Waals surface area contributed by atoms with Crippen LogP contribution < -0.4 is 0 Å². The van der Waals surface area contributed by atoms with E-state index in [1.165, 1.54) is 6.92 Å². The number of hydrogen-bond acceptors (Lipinski definition) is 2. The van der Waals surface area contributed by atoms with Crippen molar-refractivity contribution in [3.8, 4) is 0 Å². The summed E-state index contributed by atoms with van der Waals surface area (Å²) in [6.07, 6.45) is -6.50. The molecular formula is C7H9F3O2. The van der Waals surface area contributed by atoms with Gasteiger partial charge in [0.05, 0.1) is 6.42 Å². The standard InChI is InChI=1S/C7H9F3O2/c1-2-5(11)3-6(12)4-7(8,9)10/h2-4H2,1H3. The molecule has 0 N–H and O–H groups in total. The Bertz CT molecular complexity index is 184. The molecule has 0 heterocycles. The second-order valence-corrected chi connectivity index (χ2v) is 2.40. The lowest BCUT2D eigenvalue weighted by molar-refractivity contribution is -0.152. The van der Waals surface area contributed by atoms with E-state index in [1.54, 1.807) is 0 Å². The number of ketones is 2. The highest BCUT2D eigenvalue weighted by Crippen LogP contribution is 2.20. The summed E-state index contributed by atoms with van der Waals surface area (Å²) in [6, 6.07) is 0. The molecule has 0 radical (unpaired) electrons. The third-order valence-electron chi connectivity index (χ3n) is 1.19. The van der Waals surface area contributed by atoms with Gasteiger partial charge in [-0.3, -0.25) is 9.59 Å². The SMILES string of the molecule is CCC(=O)CC(=O)CC(F)(F)F. The fourth-order valence-corrected chi connectivity index (χ4v) is 0.631. The van der Waals surface area contributed by atoms with Crippen molar-refractivity contribution in [1.29, 1.82) is 0 Å². The van der Waals surface area contributed by atoms with Crippen LogP contribution in [0.5, 0.6) is 0 Å². The molecule has 0 aliphatic rings. The van der Waals surface area contributed by atoms with Crippen molar-refractivity contribution in [3.63, 3.8) is 0 Å². The molecule has 12 heavy (non-hydrogen) atoms. The number of hydrogen-bond donors (Lipinski definition) is 0. The third kappa shape index (κ3) is 5.88. The van der Waals surface area contributed by atoms with Crippen molar-refractivity contribution in [3.05, 3.63) is 0 Å². The Balaban J connectivity index is 3.83. The predicted octanol–water partition coefficient (Wildman–Crippen LogP) is 1.88. The average Bonchev–Trinajstić information content (AvgIpc) is 1.82. The average molecular weight is 182 g/mol. The molecule has 0 fully saturated rings. The first-order valence-corrected chi connectivity index (χ1v) is 3.45. The monoisotopic (exact) mass is 182 g/mol. The van der Waals surface area contributed by atoms with Crippen LogP contribution in [-0.2, 0) is 9.59 Å². The lowest BCUT2D eigenvalue weighted by Crippen LogP contribution is -2.17. The maximum absolute atomic E-state index is 11.5. The molecule has 70 valence electrons. The molecular weight excluding hydrogens is 173 g/mol. The zero-order chi connectivity index (χ0) is 9.78. The quantitative estimate of drug-likeness (QED) is 0.622. The molecule has 0 atom stereocenters. The molecule has 0 saturated heterocycles. The summed E-state index contributed by atoms with van der Waals surface area (Å²) in [5.74, 6) is -1.52. The van der Waals surface area contributed by atoms with Crippen molar-refractivity contribution < 1.29 is 22.8 Å². The molecule has 5 heteroatoms. The first-order valence-electron chi connectivity index (χ1n) is 3.45. The summed E-state index contributed by atoms with van der Waals surface area (Å²) in [6.45, 7) is 1.50. The van der Waals surface area contributed by atoms with Crippen molar-refractivity contribution in [1.82, 2.24) is 0 Å². The third-order valence-corrected chi connectivity index (χ3v) is 1.19. The largest absolute Gasteiger partial charge is 0.395 e. The zero-order valence-electron chi connectivity index (χ0n) is 6.57. The van der Waals surface area contributed by atoms with Gasteiger partial charge >= 0.3 is 6.18 Å². The van der Waals surface area contributed by atoms with Gasteiger partial charge in [0, 0.05) is 6.42 Å². The minimum Gasteiger partial charge on any atom is -0.299 e. The highest BCUT2D eigenvalue weighted by atomic mass is 19.4. The van der Waals surface area contributed by atoms with Crippen LogP contribution in [0.25, 0.3) is 0 Å². The molecule has 0 aromatic carbocycles. The molecule has 0 amide bonds. The van der Waals surface area contributed by atoms with E-state index < -0.39 is 30.6 Å². The van der Waals surface area contributed by atoms with Gasteiger partial charge in [0.15, 0.2) is 0 Å². The van der Waals surface area contributed by atoms with Gasteiger partial charge in [-0.05, 0) is 0 Å². The van der Waals surface area contributed by atoms with E-state index in [2.05, 4.69) is 0 Å². The summed E-state index contributed by atoms with van der Waals surface area (Å²) >= 11 is 0. The summed E-state index contributed by atoms with van der Waals surface area (Å²) in [5.41, 5.74) is 0. The van der Waals surface area contributed by atoms with Crippen LogP contribution in [0, 0.1) is 0 Å². The van der Waals surface area contributed by atoms with Crippen LogP contribution in [-0.4, -0.2) is 17.7 Å². The highest BCUT2D eigenvalue weighted by Gasteiger charge is 2.31. The number of halogens is 3.